The standard InChI is InChI=1S/C10H6F3NO/c1-15-9(10(11,12)13)8-4-2-7(6-14)3-5-8/h1-5,9H. The van der Waals surface area contributed by atoms with E-state index in [1.165, 1.54) is 12.1 Å². The van der Waals surface area contributed by atoms with Crippen molar-refractivity contribution in [2.24, 2.45) is 0 Å². The van der Waals surface area contributed by atoms with Crippen LogP contribution in [0.15, 0.2) is 24.3 Å². The average molecular weight is 213 g/mol. The highest BCUT2D eigenvalue weighted by Gasteiger charge is 2.41. The Morgan fingerprint density at radius 1 is 1.27 bits per heavy atom. The lowest BCUT2D eigenvalue weighted by Gasteiger charge is -2.18. The molecular weight excluding hydrogens is 207 g/mol. The third kappa shape index (κ3) is 2.70. The van der Waals surface area contributed by atoms with Crippen LogP contribution in [0.3, 0.4) is 0 Å². The molecule has 0 fully saturated rings. The molecule has 0 aliphatic carbocycles. The van der Waals surface area contributed by atoms with Crippen LogP contribution < -0.4 is 0 Å². The summed E-state index contributed by atoms with van der Waals surface area (Å²) in [5.74, 6) is 0. The number of hydrogen-bond acceptors (Lipinski definition) is 2. The van der Waals surface area contributed by atoms with Gasteiger partial charge in [-0.25, -0.2) is 0 Å². The Kier molecular flexibility index (Phi) is 3.32. The van der Waals surface area contributed by atoms with Gasteiger partial charge in [-0.15, -0.1) is 0 Å². The molecule has 1 aromatic carbocycles. The van der Waals surface area contributed by atoms with E-state index in [0.29, 0.717) is 0 Å². The first-order valence-electron chi connectivity index (χ1n) is 3.91. The molecule has 0 bridgehead atoms. The number of alkyl halides is 3. The van der Waals surface area contributed by atoms with E-state index in [9.17, 15) is 13.2 Å². The summed E-state index contributed by atoms with van der Waals surface area (Å²) < 4.78 is 40.8. The summed E-state index contributed by atoms with van der Waals surface area (Å²) in [7, 11) is 4.58. The predicted molar refractivity (Wildman–Crippen MR) is 45.3 cm³/mol. The lowest BCUT2D eigenvalue weighted by atomic mass is 10.1. The molecule has 0 amide bonds. The molecule has 0 aliphatic rings. The largest absolute Gasteiger partial charge is 0.418 e. The van der Waals surface area contributed by atoms with Gasteiger partial charge >= 0.3 is 6.18 Å². The molecule has 15 heavy (non-hydrogen) atoms. The first kappa shape index (κ1) is 11.5. The van der Waals surface area contributed by atoms with E-state index in [1.54, 1.807) is 6.07 Å². The summed E-state index contributed by atoms with van der Waals surface area (Å²) >= 11 is 0. The van der Waals surface area contributed by atoms with Crippen LogP contribution in [0, 0.1) is 18.4 Å². The number of hydrogen-bond donors (Lipinski definition) is 0. The minimum absolute atomic E-state index is 0.135. The van der Waals surface area contributed by atoms with Gasteiger partial charge in [0.2, 0.25) is 0 Å². The van der Waals surface area contributed by atoms with Crippen molar-refractivity contribution in [1.29, 1.82) is 5.26 Å². The van der Waals surface area contributed by atoms with Crippen molar-refractivity contribution in [3.8, 4) is 6.07 Å². The second-order valence-corrected chi connectivity index (χ2v) is 2.79. The van der Waals surface area contributed by atoms with E-state index in [0.717, 1.165) is 12.1 Å². The lowest BCUT2D eigenvalue weighted by Crippen LogP contribution is -2.21. The zero-order valence-corrected chi connectivity index (χ0v) is 7.45. The van der Waals surface area contributed by atoms with Crippen LogP contribution in [-0.2, 0) is 4.74 Å². The fourth-order valence-corrected chi connectivity index (χ4v) is 1.08. The average Bonchev–Trinajstić information content (AvgIpc) is 2.18. The maximum Gasteiger partial charge on any atom is 0.418 e. The first-order valence-corrected chi connectivity index (χ1v) is 3.91. The number of nitriles is 1. The number of halogens is 3. The molecule has 0 saturated carbocycles. The molecule has 2 radical (unpaired) electrons. The van der Waals surface area contributed by atoms with Gasteiger partial charge in [-0.2, -0.15) is 18.4 Å². The number of benzene rings is 1. The van der Waals surface area contributed by atoms with Crippen LogP contribution in [0.1, 0.15) is 17.2 Å². The highest BCUT2D eigenvalue weighted by Crippen LogP contribution is 2.35. The Morgan fingerprint density at radius 3 is 2.13 bits per heavy atom. The topological polar surface area (TPSA) is 33.0 Å². The van der Waals surface area contributed by atoms with E-state index < -0.39 is 12.3 Å². The van der Waals surface area contributed by atoms with Gasteiger partial charge in [-0.1, -0.05) is 12.1 Å². The van der Waals surface area contributed by atoms with Crippen LogP contribution in [-0.4, -0.2) is 6.18 Å². The van der Waals surface area contributed by atoms with Crippen molar-refractivity contribution in [2.45, 2.75) is 12.3 Å². The van der Waals surface area contributed by atoms with Crippen LogP contribution in [0.5, 0.6) is 0 Å². The highest BCUT2D eigenvalue weighted by atomic mass is 19.4. The molecule has 0 saturated heterocycles. The second-order valence-electron chi connectivity index (χ2n) is 2.79. The molecule has 2 nitrogen and oxygen atoms in total. The van der Waals surface area contributed by atoms with E-state index >= 15 is 0 Å². The van der Waals surface area contributed by atoms with Gasteiger partial charge in [-0.05, 0) is 17.7 Å². The first-order chi connectivity index (χ1) is 6.99. The SMILES string of the molecule is [CH]OC(c1ccc(C#N)cc1)C(F)(F)F. The fourth-order valence-electron chi connectivity index (χ4n) is 1.08. The molecule has 0 aliphatic heterocycles. The van der Waals surface area contributed by atoms with Crippen molar-refractivity contribution in [2.75, 3.05) is 0 Å². The fraction of sp³-hybridized carbons (Fsp3) is 0.200. The molecule has 1 rings (SSSR count). The molecule has 0 spiro atoms. The molecule has 5 heteroatoms. The summed E-state index contributed by atoms with van der Waals surface area (Å²) in [5.41, 5.74) is 0.140. The van der Waals surface area contributed by atoms with Gasteiger partial charge in [0.05, 0.1) is 11.6 Å². The Labute approximate surface area is 84.9 Å². The Hall–Kier alpha value is -1.54. The van der Waals surface area contributed by atoms with Crippen LogP contribution in [0.4, 0.5) is 13.2 Å². The monoisotopic (exact) mass is 213 g/mol. The number of nitrogens with zero attached hydrogens (tertiary/aromatic N) is 1. The summed E-state index contributed by atoms with van der Waals surface area (Å²) in [6, 6.07) is 6.65. The number of ether oxygens (including phenoxy) is 1. The smallest absolute Gasteiger partial charge is 0.355 e. The summed E-state index contributed by atoms with van der Waals surface area (Å²) in [5, 5.41) is 8.46. The van der Waals surface area contributed by atoms with Crippen molar-refractivity contribution in [3.05, 3.63) is 42.5 Å². The van der Waals surface area contributed by atoms with E-state index in [-0.39, 0.29) is 11.1 Å². The lowest BCUT2D eigenvalue weighted by molar-refractivity contribution is -0.209. The van der Waals surface area contributed by atoms with E-state index in [2.05, 4.69) is 11.8 Å². The Morgan fingerprint density at radius 2 is 1.80 bits per heavy atom. The second kappa shape index (κ2) is 4.32. The zero-order chi connectivity index (χ0) is 11.5. The van der Waals surface area contributed by atoms with E-state index in [4.69, 9.17) is 5.26 Å². The highest BCUT2D eigenvalue weighted by molar-refractivity contribution is 5.32. The minimum Gasteiger partial charge on any atom is -0.355 e. The van der Waals surface area contributed by atoms with Crippen molar-refractivity contribution >= 4 is 0 Å². The van der Waals surface area contributed by atoms with Gasteiger partial charge in [-0.3, -0.25) is 0 Å². The molecule has 0 aromatic heterocycles. The minimum atomic E-state index is -4.57. The third-order valence-corrected chi connectivity index (χ3v) is 1.78. The normalized spacial score (nSPS) is 13.3. The number of rotatable bonds is 2. The molecule has 0 heterocycles. The van der Waals surface area contributed by atoms with Gasteiger partial charge in [0.25, 0.3) is 0 Å². The third-order valence-electron chi connectivity index (χ3n) is 1.78. The maximum absolute atomic E-state index is 12.3. The summed E-state index contributed by atoms with van der Waals surface area (Å²) in [4.78, 5) is 0. The van der Waals surface area contributed by atoms with Crippen molar-refractivity contribution in [3.63, 3.8) is 0 Å². The van der Waals surface area contributed by atoms with Gasteiger partial charge < -0.3 is 4.74 Å². The molecular formula is C10H6F3NO. The van der Waals surface area contributed by atoms with E-state index in [1.807, 2.05) is 0 Å². The molecule has 1 unspecified atom stereocenters. The molecule has 0 N–H and O–H groups in total. The summed E-state index contributed by atoms with van der Waals surface area (Å²) in [6.07, 6.45) is -6.73. The molecule has 1 atom stereocenters. The predicted octanol–water partition coefficient (Wildman–Crippen LogP) is 2.85. The van der Waals surface area contributed by atoms with Crippen LogP contribution >= 0.6 is 0 Å². The van der Waals surface area contributed by atoms with Crippen LogP contribution in [0.25, 0.3) is 0 Å². The van der Waals surface area contributed by atoms with Gasteiger partial charge in [0.15, 0.2) is 6.10 Å². The molecule has 78 valence electrons. The van der Waals surface area contributed by atoms with Crippen molar-refractivity contribution in [1.82, 2.24) is 0 Å². The van der Waals surface area contributed by atoms with Crippen LogP contribution in [0.2, 0.25) is 0 Å². The Balaban J connectivity index is 3.00. The zero-order valence-electron chi connectivity index (χ0n) is 7.45. The van der Waals surface area contributed by atoms with Gasteiger partial charge in [0.1, 0.15) is 7.11 Å². The van der Waals surface area contributed by atoms with Crippen molar-refractivity contribution < 1.29 is 17.9 Å². The summed E-state index contributed by atoms with van der Waals surface area (Å²) in [6.45, 7) is 0. The maximum atomic E-state index is 12.3. The van der Waals surface area contributed by atoms with Gasteiger partial charge in [0, 0.05) is 0 Å². The Bertz CT molecular complexity index is 364. The quantitative estimate of drug-likeness (QED) is 0.756. The molecule has 1 aromatic rings.